The van der Waals surface area contributed by atoms with Gasteiger partial charge in [0.25, 0.3) is 7.52 Å². The van der Waals surface area contributed by atoms with Crippen molar-refractivity contribution in [3.63, 3.8) is 0 Å². The number of nitrogens with one attached hydrogen (secondary N) is 2. The van der Waals surface area contributed by atoms with E-state index in [1.54, 1.807) is 6.92 Å². The van der Waals surface area contributed by atoms with Gasteiger partial charge in [-0.05, 0) is 6.92 Å². The normalized spacial score (nSPS) is 32.3. The molecule has 1 heterocycles. The second kappa shape index (κ2) is 2.70. The number of carbonyl (C=O) groups excluding carboxylic acids is 1. The minimum atomic E-state index is -2.84. The smallest absolute Gasteiger partial charge is 0.296 e. The lowest BCUT2D eigenvalue weighted by atomic mass is 10.8. The Bertz CT molecular complexity index is 193. The number of carbonyl (C=O) groups is 1. The molecule has 10 heavy (non-hydrogen) atoms. The first-order valence-corrected chi connectivity index (χ1v) is 4.77. The van der Waals surface area contributed by atoms with E-state index in [4.69, 9.17) is 4.52 Å². The maximum absolute atomic E-state index is 11.2. The van der Waals surface area contributed by atoms with Crippen molar-refractivity contribution in [1.29, 1.82) is 0 Å². The third kappa shape index (κ3) is 1.56. The summed E-state index contributed by atoms with van der Waals surface area (Å²) in [5, 5.41) is 2.32. The van der Waals surface area contributed by atoms with E-state index >= 15 is 0 Å². The Labute approximate surface area is 58.6 Å². The third-order valence-electron chi connectivity index (χ3n) is 1.06. The predicted octanol–water partition coefficient (Wildman–Crippen LogP) is -0.150. The standard InChI is InChI=1S/C4H9N2O3P/c1-2-9-10(8)3-4(7)5-6-10/h2-3H2,1H3,(H,5,7)(H,6,8). The Morgan fingerprint density at radius 1 is 1.80 bits per heavy atom. The number of amides is 1. The van der Waals surface area contributed by atoms with E-state index in [1.165, 1.54) is 0 Å². The van der Waals surface area contributed by atoms with Crippen molar-refractivity contribution in [2.45, 2.75) is 6.92 Å². The molecular weight excluding hydrogens is 155 g/mol. The molecule has 1 fully saturated rings. The average molecular weight is 164 g/mol. The molecule has 1 amide bonds. The van der Waals surface area contributed by atoms with Crippen molar-refractivity contribution < 1.29 is 13.9 Å². The molecule has 2 N–H and O–H groups in total. The molecule has 0 aromatic heterocycles. The van der Waals surface area contributed by atoms with Crippen LogP contribution in [0, 0.1) is 0 Å². The molecule has 1 rings (SSSR count). The first-order valence-electron chi connectivity index (χ1n) is 2.96. The average Bonchev–Trinajstić information content (AvgIpc) is 2.12. The van der Waals surface area contributed by atoms with Crippen molar-refractivity contribution in [2.24, 2.45) is 0 Å². The molecule has 0 aromatic rings. The van der Waals surface area contributed by atoms with Gasteiger partial charge in [0.1, 0.15) is 6.16 Å². The van der Waals surface area contributed by atoms with Crippen LogP contribution in [-0.4, -0.2) is 18.7 Å². The van der Waals surface area contributed by atoms with E-state index in [0.717, 1.165) is 0 Å². The lowest BCUT2D eigenvalue weighted by molar-refractivity contribution is -0.118. The third-order valence-corrected chi connectivity index (χ3v) is 2.89. The summed E-state index contributed by atoms with van der Waals surface area (Å²) in [6.07, 6.45) is -0.0547. The van der Waals surface area contributed by atoms with Gasteiger partial charge in [-0.15, -0.1) is 0 Å². The van der Waals surface area contributed by atoms with Gasteiger partial charge in [0, 0.05) is 0 Å². The van der Waals surface area contributed by atoms with E-state index in [-0.39, 0.29) is 12.1 Å². The van der Waals surface area contributed by atoms with E-state index in [2.05, 4.69) is 10.6 Å². The van der Waals surface area contributed by atoms with Gasteiger partial charge in [-0.2, -0.15) is 5.20 Å². The molecule has 1 aliphatic heterocycles. The maximum atomic E-state index is 11.2. The van der Waals surface area contributed by atoms with Crippen molar-refractivity contribution in [3.05, 3.63) is 0 Å². The van der Waals surface area contributed by atoms with Gasteiger partial charge < -0.3 is 4.52 Å². The van der Waals surface area contributed by atoms with Crippen molar-refractivity contribution in [3.8, 4) is 0 Å². The quantitative estimate of drug-likeness (QED) is 0.557. The van der Waals surface area contributed by atoms with E-state index < -0.39 is 7.52 Å². The molecule has 5 nitrogen and oxygen atoms in total. The SMILES string of the molecule is CCOP1(=O)CC(=O)NN1. The number of hydrogen-bond acceptors (Lipinski definition) is 3. The molecule has 1 saturated heterocycles. The molecule has 0 aliphatic carbocycles. The Kier molecular flexibility index (Phi) is 2.08. The summed E-state index contributed by atoms with van der Waals surface area (Å²) in [5.41, 5.74) is 2.22. The highest BCUT2D eigenvalue weighted by Crippen LogP contribution is 2.43. The Morgan fingerprint density at radius 3 is 2.90 bits per heavy atom. The Balaban J connectivity index is 2.55. The summed E-state index contributed by atoms with van der Waals surface area (Å²) >= 11 is 0. The lowest BCUT2D eigenvalue weighted by Crippen LogP contribution is -2.24. The molecule has 0 bridgehead atoms. The highest BCUT2D eigenvalue weighted by atomic mass is 31.2. The van der Waals surface area contributed by atoms with Crippen molar-refractivity contribution >= 4 is 13.4 Å². The molecule has 6 heteroatoms. The zero-order chi connectivity index (χ0) is 7.61. The first kappa shape index (κ1) is 7.72. The van der Waals surface area contributed by atoms with Crippen molar-refractivity contribution in [2.75, 3.05) is 12.8 Å². The molecule has 0 aromatic carbocycles. The lowest BCUT2D eigenvalue weighted by Gasteiger charge is -2.06. The molecule has 0 radical (unpaired) electrons. The zero-order valence-electron chi connectivity index (χ0n) is 5.59. The van der Waals surface area contributed by atoms with Crippen LogP contribution >= 0.6 is 7.52 Å². The van der Waals surface area contributed by atoms with Crippen LogP contribution in [0.15, 0.2) is 0 Å². The summed E-state index contributed by atoms with van der Waals surface area (Å²) in [6, 6.07) is 0. The molecule has 0 spiro atoms. The Hall–Kier alpha value is -0.380. The van der Waals surface area contributed by atoms with Crippen LogP contribution in [-0.2, 0) is 13.9 Å². The maximum Gasteiger partial charge on any atom is 0.296 e. The largest absolute Gasteiger partial charge is 0.316 e. The Morgan fingerprint density at radius 2 is 2.50 bits per heavy atom. The van der Waals surface area contributed by atoms with Crippen molar-refractivity contribution in [1.82, 2.24) is 10.6 Å². The first-order chi connectivity index (χ1) is 4.66. The van der Waals surface area contributed by atoms with Crippen LogP contribution in [0.3, 0.4) is 0 Å². The minimum absolute atomic E-state index is 0.0547. The summed E-state index contributed by atoms with van der Waals surface area (Å²) in [7, 11) is -2.84. The van der Waals surface area contributed by atoms with E-state index in [1.807, 2.05) is 0 Å². The molecule has 0 saturated carbocycles. The molecule has 1 atom stereocenters. The van der Waals surface area contributed by atoms with Crippen LogP contribution in [0.1, 0.15) is 6.92 Å². The fourth-order valence-corrected chi connectivity index (χ4v) is 2.11. The van der Waals surface area contributed by atoms with Gasteiger partial charge >= 0.3 is 0 Å². The van der Waals surface area contributed by atoms with Crippen LogP contribution < -0.4 is 10.6 Å². The van der Waals surface area contributed by atoms with Gasteiger partial charge in [0.05, 0.1) is 6.61 Å². The zero-order valence-corrected chi connectivity index (χ0v) is 6.48. The van der Waals surface area contributed by atoms with Crippen LogP contribution in [0.5, 0.6) is 0 Å². The molecule has 1 aliphatic rings. The number of rotatable bonds is 2. The summed E-state index contributed by atoms with van der Waals surface area (Å²) in [6.45, 7) is 2.07. The molecule has 58 valence electrons. The van der Waals surface area contributed by atoms with Gasteiger partial charge in [0.15, 0.2) is 0 Å². The molecule has 1 unspecified atom stereocenters. The fourth-order valence-electron chi connectivity index (χ4n) is 0.702. The van der Waals surface area contributed by atoms with E-state index in [0.29, 0.717) is 6.61 Å². The predicted molar refractivity (Wildman–Crippen MR) is 35.4 cm³/mol. The highest BCUT2D eigenvalue weighted by Gasteiger charge is 2.32. The van der Waals surface area contributed by atoms with Gasteiger partial charge in [-0.3, -0.25) is 14.8 Å². The monoisotopic (exact) mass is 164 g/mol. The second-order valence-electron chi connectivity index (χ2n) is 1.91. The summed E-state index contributed by atoms with van der Waals surface area (Å²) in [4.78, 5) is 10.5. The van der Waals surface area contributed by atoms with Gasteiger partial charge in [0.2, 0.25) is 5.91 Å². The number of hydrazine groups is 1. The van der Waals surface area contributed by atoms with Crippen LogP contribution in [0.2, 0.25) is 0 Å². The van der Waals surface area contributed by atoms with Gasteiger partial charge in [-0.25, -0.2) is 0 Å². The molecular formula is C4H9N2O3P. The second-order valence-corrected chi connectivity index (χ2v) is 4.05. The highest BCUT2D eigenvalue weighted by molar-refractivity contribution is 7.58. The fraction of sp³-hybridized carbons (Fsp3) is 0.750. The van der Waals surface area contributed by atoms with Crippen LogP contribution in [0.25, 0.3) is 0 Å². The topological polar surface area (TPSA) is 67.4 Å². The van der Waals surface area contributed by atoms with E-state index in [9.17, 15) is 9.36 Å². The summed E-state index contributed by atoms with van der Waals surface area (Å²) in [5.74, 6) is -0.281. The summed E-state index contributed by atoms with van der Waals surface area (Å²) < 4.78 is 16.0. The van der Waals surface area contributed by atoms with Crippen LogP contribution in [0.4, 0.5) is 0 Å². The minimum Gasteiger partial charge on any atom is -0.316 e. The number of hydrogen-bond donors (Lipinski definition) is 2. The van der Waals surface area contributed by atoms with Gasteiger partial charge in [-0.1, -0.05) is 0 Å².